The molecule has 2 aromatic rings. The molecule has 1 heterocycles. The first-order valence-electron chi connectivity index (χ1n) is 10.2. The zero-order valence-electron chi connectivity index (χ0n) is 17.3. The Morgan fingerprint density at radius 2 is 1.83 bits per heavy atom. The quantitative estimate of drug-likeness (QED) is 0.622. The van der Waals surface area contributed by atoms with Gasteiger partial charge in [0.15, 0.2) is 0 Å². The number of aliphatic hydroxyl groups is 2. The van der Waals surface area contributed by atoms with Crippen LogP contribution < -0.4 is 10.6 Å². The smallest absolute Gasteiger partial charge is 0.305 e. The van der Waals surface area contributed by atoms with Crippen LogP contribution in [0.3, 0.4) is 0 Å². The van der Waals surface area contributed by atoms with Crippen molar-refractivity contribution in [3.8, 4) is 11.1 Å². The molecule has 3 N–H and O–H groups in total. The molecule has 0 radical (unpaired) electrons. The van der Waals surface area contributed by atoms with E-state index < -0.39 is 24.6 Å². The van der Waals surface area contributed by atoms with Crippen LogP contribution in [-0.4, -0.2) is 38.1 Å². The molecule has 3 rings (SSSR count). The summed E-state index contributed by atoms with van der Waals surface area (Å²) in [6, 6.07) is 6.53. The minimum atomic E-state index is -1.12. The molecule has 30 heavy (non-hydrogen) atoms. The number of carboxylic acid groups (broad SMARTS) is 1. The normalized spacial score (nSPS) is 15.5. The van der Waals surface area contributed by atoms with E-state index >= 15 is 0 Å². The molecule has 0 spiro atoms. The number of carbonyl (C=O) groups is 1. The molecule has 0 saturated carbocycles. The van der Waals surface area contributed by atoms with Gasteiger partial charge in [-0.2, -0.15) is 0 Å². The highest BCUT2D eigenvalue weighted by molar-refractivity contribution is 5.76. The predicted octanol–water partition coefficient (Wildman–Crippen LogP) is 2.83. The lowest BCUT2D eigenvalue weighted by molar-refractivity contribution is -0.139. The summed E-state index contributed by atoms with van der Waals surface area (Å²) < 4.78 is 15.7. The standard InChI is InChI=1S/C24H28FNO4/c1-15(2)26-21-6-4-3-5-20(21)24(16-7-9-17(25)10-8-16)22(26)12-11-18(27)13-19(28)14-23(29)30/h5-12,15,18-19,27-28H,3-4,13-14H2,1-2H3,(H,29,30)/b12-11+/t18-,19-/m0/s1. The fourth-order valence-electron chi connectivity index (χ4n) is 3.99. The first-order chi connectivity index (χ1) is 14.3. The molecule has 1 aliphatic carbocycles. The Balaban J connectivity index is 2.08. The molecule has 1 aliphatic rings. The second-order valence-corrected chi connectivity index (χ2v) is 7.93. The van der Waals surface area contributed by atoms with Gasteiger partial charge in [0.25, 0.3) is 0 Å². The van der Waals surface area contributed by atoms with Crippen LogP contribution in [0.2, 0.25) is 0 Å². The van der Waals surface area contributed by atoms with Gasteiger partial charge in [-0.1, -0.05) is 30.4 Å². The molecule has 5 nitrogen and oxygen atoms in total. The molecule has 0 saturated heterocycles. The Morgan fingerprint density at radius 3 is 2.47 bits per heavy atom. The van der Waals surface area contributed by atoms with Crippen LogP contribution in [0.4, 0.5) is 4.39 Å². The van der Waals surface area contributed by atoms with E-state index in [1.54, 1.807) is 18.2 Å². The number of benzene rings is 1. The minimum absolute atomic E-state index is 0.0605. The third-order valence-electron chi connectivity index (χ3n) is 5.22. The summed E-state index contributed by atoms with van der Waals surface area (Å²) in [6.45, 7) is 4.17. The van der Waals surface area contributed by atoms with Gasteiger partial charge in [-0.25, -0.2) is 4.39 Å². The van der Waals surface area contributed by atoms with Gasteiger partial charge in [0.1, 0.15) is 5.82 Å². The van der Waals surface area contributed by atoms with Crippen LogP contribution in [0.25, 0.3) is 29.4 Å². The van der Waals surface area contributed by atoms with E-state index in [9.17, 15) is 19.4 Å². The van der Waals surface area contributed by atoms with Crippen molar-refractivity contribution in [1.29, 1.82) is 0 Å². The van der Waals surface area contributed by atoms with Crippen molar-refractivity contribution in [2.45, 2.75) is 57.8 Å². The molecular weight excluding hydrogens is 385 g/mol. The molecule has 0 amide bonds. The van der Waals surface area contributed by atoms with Crippen molar-refractivity contribution in [2.24, 2.45) is 0 Å². The highest BCUT2D eigenvalue weighted by Gasteiger charge is 2.19. The van der Waals surface area contributed by atoms with Gasteiger partial charge in [-0.3, -0.25) is 4.79 Å². The number of nitrogens with zero attached hydrogens (tertiary/aromatic N) is 1. The lowest BCUT2D eigenvalue weighted by Crippen LogP contribution is -2.32. The number of hydrogen-bond donors (Lipinski definition) is 3. The summed E-state index contributed by atoms with van der Waals surface area (Å²) in [5, 5.41) is 31.1. The number of carboxylic acids is 1. The van der Waals surface area contributed by atoms with Crippen LogP contribution >= 0.6 is 0 Å². The first kappa shape index (κ1) is 22.0. The number of rotatable bonds is 8. The molecule has 2 atom stereocenters. The summed E-state index contributed by atoms with van der Waals surface area (Å²) >= 11 is 0. The monoisotopic (exact) mass is 413 g/mol. The van der Waals surface area contributed by atoms with E-state index in [0.717, 1.165) is 40.2 Å². The fourth-order valence-corrected chi connectivity index (χ4v) is 3.99. The van der Waals surface area contributed by atoms with Gasteiger partial charge in [0.05, 0.1) is 18.6 Å². The molecule has 1 aromatic heterocycles. The third-order valence-corrected chi connectivity index (χ3v) is 5.22. The number of aliphatic carboxylic acids is 1. The van der Waals surface area contributed by atoms with Crippen molar-refractivity contribution < 1.29 is 24.5 Å². The van der Waals surface area contributed by atoms with E-state index in [-0.39, 0.29) is 18.3 Å². The number of aromatic nitrogens is 1. The molecule has 0 bridgehead atoms. The van der Waals surface area contributed by atoms with Crippen LogP contribution in [0.5, 0.6) is 0 Å². The SMILES string of the molecule is CC(C)n1c(/C=C/[C@H](O)C[C@H](O)CC(=O)O)c(-c2ccc(F)cc2)c2c1=CCCC=2. The number of halogens is 1. The zero-order chi connectivity index (χ0) is 21.8. The van der Waals surface area contributed by atoms with E-state index in [2.05, 4.69) is 30.6 Å². The lowest BCUT2D eigenvalue weighted by Gasteiger charge is -2.15. The average Bonchev–Trinajstić information content (AvgIpc) is 3.00. The van der Waals surface area contributed by atoms with E-state index in [4.69, 9.17) is 5.11 Å². The predicted molar refractivity (Wildman–Crippen MR) is 116 cm³/mol. The summed E-state index contributed by atoms with van der Waals surface area (Å²) in [4.78, 5) is 10.7. The Morgan fingerprint density at radius 1 is 1.17 bits per heavy atom. The Labute approximate surface area is 175 Å². The lowest BCUT2D eigenvalue weighted by atomic mass is 10.0. The molecule has 6 heteroatoms. The fraction of sp³-hybridized carbons (Fsp3) is 0.375. The highest BCUT2D eigenvalue weighted by atomic mass is 19.1. The maximum atomic E-state index is 13.5. The topological polar surface area (TPSA) is 82.7 Å². The maximum absolute atomic E-state index is 13.5. The van der Waals surface area contributed by atoms with Crippen LogP contribution in [-0.2, 0) is 4.79 Å². The molecule has 0 fully saturated rings. The van der Waals surface area contributed by atoms with Crippen LogP contribution in [0.15, 0.2) is 30.3 Å². The first-order valence-corrected chi connectivity index (χ1v) is 10.2. The Kier molecular flexibility index (Phi) is 6.90. The van der Waals surface area contributed by atoms with Crippen molar-refractivity contribution in [3.63, 3.8) is 0 Å². The summed E-state index contributed by atoms with van der Waals surface area (Å²) in [5.74, 6) is -1.41. The summed E-state index contributed by atoms with van der Waals surface area (Å²) in [6.07, 6.45) is 7.09. The average molecular weight is 413 g/mol. The van der Waals surface area contributed by atoms with E-state index in [0.29, 0.717) is 0 Å². The van der Waals surface area contributed by atoms with Gasteiger partial charge in [-0.15, -0.1) is 0 Å². The number of fused-ring (bicyclic) bond motifs is 1. The molecule has 0 unspecified atom stereocenters. The Hall–Kier alpha value is -2.70. The van der Waals surface area contributed by atoms with Gasteiger partial charge >= 0.3 is 5.97 Å². The zero-order valence-corrected chi connectivity index (χ0v) is 17.3. The van der Waals surface area contributed by atoms with E-state index in [1.165, 1.54) is 12.1 Å². The molecule has 1 aromatic carbocycles. The van der Waals surface area contributed by atoms with Crippen molar-refractivity contribution >= 4 is 24.2 Å². The second-order valence-electron chi connectivity index (χ2n) is 7.93. The molecular formula is C24H28FNO4. The van der Waals surface area contributed by atoms with Crippen molar-refractivity contribution in [1.82, 2.24) is 4.57 Å². The van der Waals surface area contributed by atoms with Gasteiger partial charge in [0.2, 0.25) is 0 Å². The van der Waals surface area contributed by atoms with Crippen molar-refractivity contribution in [3.05, 3.63) is 52.4 Å². The number of hydrogen-bond acceptors (Lipinski definition) is 3. The maximum Gasteiger partial charge on any atom is 0.305 e. The van der Waals surface area contributed by atoms with Gasteiger partial charge in [-0.05, 0) is 50.5 Å². The summed E-state index contributed by atoms with van der Waals surface area (Å²) in [7, 11) is 0. The highest BCUT2D eigenvalue weighted by Crippen LogP contribution is 2.25. The third kappa shape index (κ3) is 4.89. The van der Waals surface area contributed by atoms with Gasteiger partial charge in [0, 0.05) is 34.3 Å². The van der Waals surface area contributed by atoms with Crippen molar-refractivity contribution in [2.75, 3.05) is 0 Å². The molecule has 0 aliphatic heterocycles. The second kappa shape index (κ2) is 9.41. The van der Waals surface area contributed by atoms with Crippen LogP contribution in [0, 0.1) is 5.82 Å². The largest absolute Gasteiger partial charge is 0.481 e. The van der Waals surface area contributed by atoms with E-state index in [1.807, 2.05) is 6.08 Å². The molecule has 160 valence electrons. The number of aliphatic hydroxyl groups excluding tert-OH is 2. The summed E-state index contributed by atoms with van der Waals surface area (Å²) in [5.41, 5.74) is 2.76. The van der Waals surface area contributed by atoms with Crippen LogP contribution in [0.1, 0.15) is 51.3 Å². The van der Waals surface area contributed by atoms with Gasteiger partial charge < -0.3 is 19.9 Å². The Bertz CT molecular complexity index is 1050. The minimum Gasteiger partial charge on any atom is -0.481 e.